The van der Waals surface area contributed by atoms with Crippen LogP contribution in [0.1, 0.15) is 219 Å². The molecule has 62 heavy (non-hydrogen) atoms. The zero-order valence-electron chi connectivity index (χ0n) is 39.2. The van der Waals surface area contributed by atoms with E-state index in [4.69, 9.17) is 24.8 Å². The summed E-state index contributed by atoms with van der Waals surface area (Å²) in [6.45, 7) is 2.73. The predicted octanol–water partition coefficient (Wildman–Crippen LogP) is 13.7. The Balaban J connectivity index is 4.31. The number of carboxylic acid groups (broad SMARTS) is 1. The van der Waals surface area contributed by atoms with Crippen LogP contribution in [0.4, 0.5) is 0 Å². The van der Waals surface area contributed by atoms with Crippen molar-refractivity contribution in [3.63, 3.8) is 0 Å². The summed E-state index contributed by atoms with van der Waals surface area (Å²) in [5, 5.41) is 8.91. The molecule has 11 nitrogen and oxygen atoms in total. The highest BCUT2D eigenvalue weighted by Gasteiger charge is 2.28. The molecule has 360 valence electrons. The highest BCUT2D eigenvalue weighted by molar-refractivity contribution is 7.47. The second kappa shape index (κ2) is 45.0. The van der Waals surface area contributed by atoms with Gasteiger partial charge in [-0.1, -0.05) is 184 Å². The normalized spacial score (nSPS) is 14.0. The number of phosphoric ester groups is 1. The molecular weight excluding hydrogens is 806 g/mol. The van der Waals surface area contributed by atoms with Crippen molar-refractivity contribution >= 4 is 25.7 Å². The highest BCUT2D eigenvalue weighted by Crippen LogP contribution is 2.43. The van der Waals surface area contributed by atoms with Gasteiger partial charge in [-0.3, -0.25) is 23.4 Å². The maximum atomic E-state index is 12.7. The van der Waals surface area contributed by atoms with Gasteiger partial charge in [-0.15, -0.1) is 0 Å². The summed E-state index contributed by atoms with van der Waals surface area (Å²) in [4.78, 5) is 46.0. The van der Waals surface area contributed by atoms with Crippen LogP contribution in [0.15, 0.2) is 48.6 Å². The largest absolute Gasteiger partial charge is 0.480 e. The SMILES string of the molecule is CCCCC/C=C/C/C=C/C/C=C/CCCCC(=O)OC[C@@H](COP(=O)(O)OC[C@H](N)C(=O)O)OC(=O)CCC/C=C/CCCCCCCCCCCCCCCCCCCC. The van der Waals surface area contributed by atoms with Crippen molar-refractivity contribution in [1.29, 1.82) is 0 Å². The first-order chi connectivity index (χ1) is 30.1. The summed E-state index contributed by atoms with van der Waals surface area (Å²) in [5.41, 5.74) is 5.34. The summed E-state index contributed by atoms with van der Waals surface area (Å²) < 4.78 is 32.7. The average Bonchev–Trinajstić information content (AvgIpc) is 3.25. The number of carboxylic acids is 1. The molecule has 4 N–H and O–H groups in total. The number of rotatable bonds is 46. The van der Waals surface area contributed by atoms with E-state index in [0.29, 0.717) is 19.3 Å². The molecule has 0 saturated heterocycles. The van der Waals surface area contributed by atoms with Crippen molar-refractivity contribution < 1.29 is 47.5 Å². The van der Waals surface area contributed by atoms with Crippen LogP contribution in [-0.4, -0.2) is 59.9 Å². The van der Waals surface area contributed by atoms with Crippen molar-refractivity contribution in [1.82, 2.24) is 0 Å². The Labute approximate surface area is 377 Å². The minimum atomic E-state index is -4.74. The van der Waals surface area contributed by atoms with E-state index in [2.05, 4.69) is 67.0 Å². The molecule has 0 aromatic heterocycles. The topological polar surface area (TPSA) is 172 Å². The number of aliphatic carboxylic acids is 1. The van der Waals surface area contributed by atoms with E-state index < -0.39 is 51.1 Å². The standard InChI is InChI=1S/C50H90NO10P/c1-3-5-7-9-11-13-15-17-19-20-21-22-23-24-25-26-28-30-32-34-36-38-40-42-49(53)61-46(44-59-62(56,57)60-45-47(51)50(54)55)43-58-48(52)41-39-37-35-33-31-29-27-18-16-14-12-10-8-6-4-2/h12,14,18,27,31,33-34,36,46-47H,3-11,13,15-17,19-26,28-30,32,35,37-45,51H2,1-2H3,(H,54,55)(H,56,57)/b14-12+,27-18+,33-31+,36-34+/t46-,47-/m0/s1. The van der Waals surface area contributed by atoms with Gasteiger partial charge in [-0.05, 0) is 70.6 Å². The van der Waals surface area contributed by atoms with E-state index >= 15 is 0 Å². The van der Waals surface area contributed by atoms with Gasteiger partial charge in [-0.25, -0.2) is 4.57 Å². The first kappa shape index (κ1) is 59.4. The number of esters is 2. The molecular formula is C50H90NO10P. The minimum absolute atomic E-state index is 0.105. The summed E-state index contributed by atoms with van der Waals surface area (Å²) in [6.07, 6.45) is 52.0. The molecule has 1 unspecified atom stereocenters. The Bertz CT molecular complexity index is 1240. The van der Waals surface area contributed by atoms with Crippen molar-refractivity contribution in [3.05, 3.63) is 48.6 Å². The summed E-state index contributed by atoms with van der Waals surface area (Å²) in [5.74, 6) is -2.46. The Hall–Kier alpha value is -2.56. The molecule has 0 aliphatic carbocycles. The number of hydrogen-bond donors (Lipinski definition) is 3. The molecule has 0 heterocycles. The molecule has 0 aromatic rings. The van der Waals surface area contributed by atoms with Gasteiger partial charge in [0, 0.05) is 12.8 Å². The van der Waals surface area contributed by atoms with Gasteiger partial charge >= 0.3 is 25.7 Å². The Kier molecular flexibility index (Phi) is 43.2. The van der Waals surface area contributed by atoms with E-state index in [0.717, 1.165) is 44.9 Å². The van der Waals surface area contributed by atoms with Crippen LogP contribution in [0.5, 0.6) is 0 Å². The fourth-order valence-corrected chi connectivity index (χ4v) is 7.44. The molecule has 0 aromatic carbocycles. The number of ether oxygens (including phenoxy) is 2. The van der Waals surface area contributed by atoms with E-state index in [-0.39, 0.29) is 19.4 Å². The third-order valence-electron chi connectivity index (χ3n) is 10.5. The molecule has 0 bridgehead atoms. The molecule has 3 atom stereocenters. The molecule has 0 radical (unpaired) electrons. The number of carbonyl (C=O) groups is 3. The number of allylic oxidation sites excluding steroid dienone is 8. The second-order valence-corrected chi connectivity index (χ2v) is 18.0. The number of nitrogens with two attached hydrogens (primary N) is 1. The van der Waals surface area contributed by atoms with Crippen LogP contribution in [-0.2, 0) is 37.5 Å². The number of unbranched alkanes of at least 4 members (excludes halogenated alkanes) is 24. The summed E-state index contributed by atoms with van der Waals surface area (Å²) in [7, 11) is -4.74. The van der Waals surface area contributed by atoms with Crippen LogP contribution in [0, 0.1) is 0 Å². The number of phosphoric acid groups is 1. The lowest BCUT2D eigenvalue weighted by atomic mass is 10.0. The fraction of sp³-hybridized carbons (Fsp3) is 0.780. The highest BCUT2D eigenvalue weighted by atomic mass is 31.2. The van der Waals surface area contributed by atoms with E-state index in [9.17, 15) is 23.8 Å². The monoisotopic (exact) mass is 896 g/mol. The fourth-order valence-electron chi connectivity index (χ4n) is 6.66. The lowest BCUT2D eigenvalue weighted by Crippen LogP contribution is -2.34. The average molecular weight is 896 g/mol. The molecule has 0 amide bonds. The van der Waals surface area contributed by atoms with Gasteiger partial charge in [0.05, 0.1) is 13.2 Å². The molecule has 0 rings (SSSR count). The third kappa shape index (κ3) is 44.1. The predicted molar refractivity (Wildman–Crippen MR) is 254 cm³/mol. The zero-order valence-corrected chi connectivity index (χ0v) is 40.1. The smallest absolute Gasteiger partial charge is 0.472 e. The van der Waals surface area contributed by atoms with Crippen molar-refractivity contribution in [2.75, 3.05) is 19.8 Å². The quantitative estimate of drug-likeness (QED) is 0.0230. The second-order valence-electron chi connectivity index (χ2n) is 16.6. The van der Waals surface area contributed by atoms with Crippen molar-refractivity contribution in [2.24, 2.45) is 5.73 Å². The maximum absolute atomic E-state index is 12.7. The zero-order chi connectivity index (χ0) is 45.6. The van der Waals surface area contributed by atoms with Gasteiger partial charge in [0.15, 0.2) is 6.10 Å². The number of hydrogen-bond acceptors (Lipinski definition) is 9. The van der Waals surface area contributed by atoms with Gasteiger partial charge in [0.2, 0.25) is 0 Å². The first-order valence-electron chi connectivity index (χ1n) is 24.7. The summed E-state index contributed by atoms with van der Waals surface area (Å²) >= 11 is 0. The maximum Gasteiger partial charge on any atom is 0.472 e. The van der Waals surface area contributed by atoms with Crippen LogP contribution in [0.2, 0.25) is 0 Å². The van der Waals surface area contributed by atoms with E-state index in [1.54, 1.807) is 0 Å². The molecule has 0 saturated carbocycles. The van der Waals surface area contributed by atoms with Crippen LogP contribution in [0.25, 0.3) is 0 Å². The van der Waals surface area contributed by atoms with E-state index in [1.807, 2.05) is 0 Å². The van der Waals surface area contributed by atoms with Crippen molar-refractivity contribution in [3.8, 4) is 0 Å². The molecule has 0 aliphatic heterocycles. The van der Waals surface area contributed by atoms with Crippen LogP contribution >= 0.6 is 7.82 Å². The molecule has 12 heteroatoms. The molecule has 0 spiro atoms. The number of carbonyl (C=O) groups excluding carboxylic acids is 2. The van der Waals surface area contributed by atoms with Crippen molar-refractivity contribution in [2.45, 2.75) is 231 Å². The lowest BCUT2D eigenvalue weighted by molar-refractivity contribution is -0.161. The molecule has 0 fully saturated rings. The minimum Gasteiger partial charge on any atom is -0.480 e. The Morgan fingerprint density at radius 2 is 0.871 bits per heavy atom. The lowest BCUT2D eigenvalue weighted by Gasteiger charge is -2.20. The first-order valence-corrected chi connectivity index (χ1v) is 26.2. The van der Waals surface area contributed by atoms with Gasteiger partial charge < -0.3 is 25.2 Å². The van der Waals surface area contributed by atoms with Gasteiger partial charge in [-0.2, -0.15) is 0 Å². The molecule has 0 aliphatic rings. The van der Waals surface area contributed by atoms with Gasteiger partial charge in [0.1, 0.15) is 12.6 Å². The third-order valence-corrected chi connectivity index (χ3v) is 11.5. The van der Waals surface area contributed by atoms with Gasteiger partial charge in [0.25, 0.3) is 0 Å². The van der Waals surface area contributed by atoms with Crippen LogP contribution in [0.3, 0.4) is 0 Å². The Morgan fingerprint density at radius 1 is 0.500 bits per heavy atom. The Morgan fingerprint density at radius 3 is 1.37 bits per heavy atom. The summed E-state index contributed by atoms with van der Waals surface area (Å²) in [6, 6.07) is -1.53. The van der Waals surface area contributed by atoms with E-state index in [1.165, 1.54) is 128 Å². The van der Waals surface area contributed by atoms with Crippen LogP contribution < -0.4 is 5.73 Å².